The molecule has 0 aliphatic rings. The second kappa shape index (κ2) is 6.85. The highest BCUT2D eigenvalue weighted by molar-refractivity contribution is 7.89. The van der Waals surface area contributed by atoms with E-state index in [1.54, 1.807) is 13.0 Å². The summed E-state index contributed by atoms with van der Waals surface area (Å²) in [6, 6.07) is 6.61. The summed E-state index contributed by atoms with van der Waals surface area (Å²) in [5, 5.41) is 9.52. The number of amides is 1. The molecule has 24 heavy (non-hydrogen) atoms. The van der Waals surface area contributed by atoms with Gasteiger partial charge in [0.1, 0.15) is 5.76 Å². The van der Waals surface area contributed by atoms with Crippen LogP contribution in [0.2, 0.25) is 0 Å². The average Bonchev–Trinajstić information content (AvgIpc) is 3.27. The molecule has 7 nitrogen and oxygen atoms in total. The number of thiophene rings is 2. The first kappa shape index (κ1) is 16.8. The van der Waals surface area contributed by atoms with Gasteiger partial charge in [-0.3, -0.25) is 4.79 Å². The van der Waals surface area contributed by atoms with Crippen molar-refractivity contribution in [1.29, 1.82) is 0 Å². The van der Waals surface area contributed by atoms with Gasteiger partial charge in [-0.25, -0.2) is 13.1 Å². The number of sulfonamides is 1. The fraction of sp³-hybridized carbons (Fsp3) is 0.143. The van der Waals surface area contributed by atoms with Crippen LogP contribution in [-0.4, -0.2) is 19.5 Å². The molecule has 3 aromatic heterocycles. The van der Waals surface area contributed by atoms with Gasteiger partial charge in [0.2, 0.25) is 10.0 Å². The van der Waals surface area contributed by atoms with E-state index in [-0.39, 0.29) is 22.1 Å². The van der Waals surface area contributed by atoms with Crippen molar-refractivity contribution >= 4 is 44.4 Å². The van der Waals surface area contributed by atoms with Gasteiger partial charge in [-0.1, -0.05) is 11.2 Å². The smallest absolute Gasteiger partial charge is 0.267 e. The monoisotopic (exact) mass is 383 g/mol. The van der Waals surface area contributed by atoms with Crippen LogP contribution in [0.4, 0.5) is 5.82 Å². The summed E-state index contributed by atoms with van der Waals surface area (Å²) >= 11 is 2.51. The third kappa shape index (κ3) is 3.90. The average molecular weight is 383 g/mol. The molecule has 0 saturated heterocycles. The third-order valence-electron chi connectivity index (χ3n) is 3.00. The Kier molecular flexibility index (Phi) is 4.81. The summed E-state index contributed by atoms with van der Waals surface area (Å²) < 4.78 is 31.9. The first-order chi connectivity index (χ1) is 11.4. The Balaban J connectivity index is 1.68. The molecule has 0 fully saturated rings. The van der Waals surface area contributed by atoms with Crippen LogP contribution in [0.1, 0.15) is 20.3 Å². The van der Waals surface area contributed by atoms with Crippen LogP contribution >= 0.6 is 22.7 Å². The van der Waals surface area contributed by atoms with Gasteiger partial charge < -0.3 is 9.84 Å². The number of aryl methyl sites for hydroxylation is 1. The van der Waals surface area contributed by atoms with E-state index < -0.39 is 15.9 Å². The fourth-order valence-corrected chi connectivity index (χ4v) is 4.76. The second-order valence-corrected chi connectivity index (χ2v) is 8.54. The SMILES string of the molecule is Cc1cc(NC(=O)c2cc(S(=O)(=O)NCc3cccs3)cs2)no1. The molecule has 0 aliphatic carbocycles. The van der Waals surface area contributed by atoms with Crippen molar-refractivity contribution in [2.45, 2.75) is 18.4 Å². The number of carbonyl (C=O) groups is 1. The molecular weight excluding hydrogens is 370 g/mol. The molecule has 2 N–H and O–H groups in total. The lowest BCUT2D eigenvalue weighted by Gasteiger charge is -2.03. The molecule has 0 radical (unpaired) electrons. The predicted octanol–water partition coefficient (Wildman–Crippen LogP) is 2.84. The highest BCUT2D eigenvalue weighted by Gasteiger charge is 2.19. The molecule has 3 rings (SSSR count). The number of hydrogen-bond donors (Lipinski definition) is 2. The molecular formula is C14H13N3O4S3. The molecule has 0 unspecified atom stereocenters. The summed E-state index contributed by atoms with van der Waals surface area (Å²) in [6.07, 6.45) is 0. The minimum absolute atomic E-state index is 0.0607. The maximum atomic E-state index is 12.3. The highest BCUT2D eigenvalue weighted by atomic mass is 32.2. The van der Waals surface area contributed by atoms with Crippen molar-refractivity contribution in [3.63, 3.8) is 0 Å². The Morgan fingerprint density at radius 3 is 2.83 bits per heavy atom. The van der Waals surface area contributed by atoms with Gasteiger partial charge in [0.25, 0.3) is 5.91 Å². The molecule has 0 saturated carbocycles. The van der Waals surface area contributed by atoms with Crippen molar-refractivity contribution in [3.05, 3.63) is 50.5 Å². The minimum atomic E-state index is -3.66. The molecule has 126 valence electrons. The largest absolute Gasteiger partial charge is 0.360 e. The van der Waals surface area contributed by atoms with Gasteiger partial charge in [0, 0.05) is 22.9 Å². The molecule has 0 aromatic carbocycles. The molecule has 0 spiro atoms. The number of hydrogen-bond acceptors (Lipinski definition) is 7. The lowest BCUT2D eigenvalue weighted by Crippen LogP contribution is -2.22. The fourth-order valence-electron chi connectivity index (χ4n) is 1.84. The van der Waals surface area contributed by atoms with Crippen molar-refractivity contribution in [1.82, 2.24) is 9.88 Å². The van der Waals surface area contributed by atoms with Crippen LogP contribution in [0.15, 0.2) is 44.4 Å². The number of nitrogens with one attached hydrogen (secondary N) is 2. The van der Waals surface area contributed by atoms with Crippen molar-refractivity contribution < 1.29 is 17.7 Å². The Bertz CT molecular complexity index is 942. The number of carbonyl (C=O) groups excluding carboxylic acids is 1. The van der Waals surface area contributed by atoms with Crippen molar-refractivity contribution in [2.24, 2.45) is 0 Å². The van der Waals surface area contributed by atoms with Crippen molar-refractivity contribution in [3.8, 4) is 0 Å². The summed E-state index contributed by atoms with van der Waals surface area (Å²) in [5.74, 6) is 0.414. The summed E-state index contributed by atoms with van der Waals surface area (Å²) in [6.45, 7) is 1.92. The first-order valence-electron chi connectivity index (χ1n) is 6.79. The van der Waals surface area contributed by atoms with Crippen LogP contribution in [-0.2, 0) is 16.6 Å². The van der Waals surface area contributed by atoms with Gasteiger partial charge in [-0.2, -0.15) is 0 Å². The zero-order valence-corrected chi connectivity index (χ0v) is 14.9. The van der Waals surface area contributed by atoms with Crippen molar-refractivity contribution in [2.75, 3.05) is 5.32 Å². The van der Waals surface area contributed by atoms with E-state index in [2.05, 4.69) is 15.2 Å². The summed E-state index contributed by atoms with van der Waals surface area (Å²) in [4.78, 5) is 13.4. The van der Waals surface area contributed by atoms with Gasteiger partial charge >= 0.3 is 0 Å². The molecule has 1 amide bonds. The zero-order chi connectivity index (χ0) is 17.2. The number of rotatable bonds is 6. The van der Waals surface area contributed by atoms with E-state index in [4.69, 9.17) is 4.52 Å². The second-order valence-electron chi connectivity index (χ2n) is 4.83. The summed E-state index contributed by atoms with van der Waals surface area (Å²) in [7, 11) is -3.66. The van der Waals surface area contributed by atoms with E-state index in [9.17, 15) is 13.2 Å². The standard InChI is InChI=1S/C14H13N3O4S3/c1-9-5-13(17-21-9)16-14(18)12-6-11(8-23-12)24(19,20)15-7-10-3-2-4-22-10/h2-6,8,15H,7H2,1H3,(H,16,17,18). The van der Waals surface area contributed by atoms with Gasteiger partial charge in [-0.15, -0.1) is 22.7 Å². The highest BCUT2D eigenvalue weighted by Crippen LogP contribution is 2.21. The molecule has 10 heteroatoms. The van der Waals surface area contributed by atoms with Gasteiger partial charge in [0.15, 0.2) is 5.82 Å². The molecule has 0 bridgehead atoms. The lowest BCUT2D eigenvalue weighted by atomic mass is 10.4. The Labute approximate surface area is 146 Å². The third-order valence-corrected chi connectivity index (χ3v) is 6.33. The number of nitrogens with zero attached hydrogens (tertiary/aromatic N) is 1. The normalized spacial score (nSPS) is 11.5. The Morgan fingerprint density at radius 2 is 2.17 bits per heavy atom. The Hall–Kier alpha value is -2.01. The molecule has 0 atom stereocenters. The van der Waals surface area contributed by atoms with Crippen LogP contribution in [0.25, 0.3) is 0 Å². The topological polar surface area (TPSA) is 101 Å². The van der Waals surface area contributed by atoms with Crippen LogP contribution in [0.3, 0.4) is 0 Å². The predicted molar refractivity (Wildman–Crippen MR) is 91.9 cm³/mol. The number of aromatic nitrogens is 1. The Morgan fingerprint density at radius 1 is 1.33 bits per heavy atom. The summed E-state index contributed by atoms with van der Waals surface area (Å²) in [5.41, 5.74) is 0. The maximum absolute atomic E-state index is 12.3. The minimum Gasteiger partial charge on any atom is -0.360 e. The first-order valence-corrected chi connectivity index (χ1v) is 10.0. The van der Waals surface area contributed by atoms with E-state index in [1.807, 2.05) is 17.5 Å². The van der Waals surface area contributed by atoms with Crippen LogP contribution in [0.5, 0.6) is 0 Å². The quantitative estimate of drug-likeness (QED) is 0.681. The molecule has 0 aliphatic heterocycles. The van der Waals surface area contributed by atoms with E-state index >= 15 is 0 Å². The van der Waals surface area contributed by atoms with E-state index in [0.717, 1.165) is 16.2 Å². The van der Waals surface area contributed by atoms with Crippen LogP contribution in [0, 0.1) is 6.92 Å². The van der Waals surface area contributed by atoms with E-state index in [0.29, 0.717) is 5.76 Å². The van der Waals surface area contributed by atoms with E-state index in [1.165, 1.54) is 22.8 Å². The van der Waals surface area contributed by atoms with Gasteiger partial charge in [0.05, 0.1) is 9.77 Å². The lowest BCUT2D eigenvalue weighted by molar-refractivity contribution is 0.102. The maximum Gasteiger partial charge on any atom is 0.267 e. The molecule has 3 aromatic rings. The molecule has 3 heterocycles. The number of anilines is 1. The van der Waals surface area contributed by atoms with Gasteiger partial charge in [-0.05, 0) is 24.4 Å². The zero-order valence-electron chi connectivity index (χ0n) is 12.5. The van der Waals surface area contributed by atoms with Crippen LogP contribution < -0.4 is 10.0 Å².